The van der Waals surface area contributed by atoms with Gasteiger partial charge in [-0.25, -0.2) is 14.2 Å². The van der Waals surface area contributed by atoms with E-state index < -0.39 is 11.9 Å². The van der Waals surface area contributed by atoms with Crippen LogP contribution in [0.15, 0.2) is 18.2 Å². The lowest BCUT2D eigenvalue weighted by Gasteiger charge is -2.35. The molecule has 0 amide bonds. The third-order valence-corrected chi connectivity index (χ3v) is 10.4. The summed E-state index contributed by atoms with van der Waals surface area (Å²) in [4.78, 5) is 27.8. The SMILES string of the molecule is CCc1cc2c(c3c1=[N+](C)CCCC3)Oc1c(cc3c4c1CCCCN4CCC3)C=2c1c(Cl)c(C(=O)O)cc(Cl)c1C(=O)O. The summed E-state index contributed by atoms with van der Waals surface area (Å²) < 4.78 is 9.40. The first-order valence-electron chi connectivity index (χ1n) is 15.6. The normalized spacial score (nSPS) is 17.0. The van der Waals surface area contributed by atoms with Gasteiger partial charge in [0.25, 0.3) is 0 Å². The molecular weight excluding hydrogens is 599 g/mol. The zero-order valence-corrected chi connectivity index (χ0v) is 26.5. The Balaban J connectivity index is 1.72. The molecule has 44 heavy (non-hydrogen) atoms. The number of rotatable bonds is 4. The Labute approximate surface area is 266 Å². The van der Waals surface area contributed by atoms with Crippen LogP contribution in [0.25, 0.3) is 5.57 Å². The standard InChI is InChI=1S/C35H34Cl2N2O5/c1-3-18-15-22-26(28-27(35(42)43)25(36)17-24(29(28)37)34(40)41)23-16-19-9-8-14-39-13-7-5-11-21(31(19)39)33(23)44-32(22)20-10-4-6-12-38(2)30(18)20/h15-17H,3-14H2,1-2H3,(H-,40,41,42,43)/p+1. The van der Waals surface area contributed by atoms with Crippen molar-refractivity contribution in [1.29, 1.82) is 0 Å². The van der Waals surface area contributed by atoms with Gasteiger partial charge in [0.15, 0.2) is 0 Å². The molecule has 0 unspecified atom stereocenters. The number of ether oxygens (including phenoxy) is 1. The molecule has 0 aliphatic carbocycles. The van der Waals surface area contributed by atoms with Crippen LogP contribution in [-0.4, -0.2) is 48.8 Å². The van der Waals surface area contributed by atoms with Gasteiger partial charge in [-0.15, -0.1) is 0 Å². The van der Waals surface area contributed by atoms with Gasteiger partial charge in [-0.3, -0.25) is 0 Å². The van der Waals surface area contributed by atoms with E-state index in [2.05, 4.69) is 35.6 Å². The van der Waals surface area contributed by atoms with Gasteiger partial charge in [-0.05, 0) is 75.1 Å². The third kappa shape index (κ3) is 4.42. The Morgan fingerprint density at radius 2 is 1.68 bits per heavy atom. The Hall–Kier alpha value is -3.55. The molecule has 7 nitrogen and oxygen atoms in total. The lowest BCUT2D eigenvalue weighted by Crippen LogP contribution is -2.36. The van der Waals surface area contributed by atoms with E-state index in [0.29, 0.717) is 11.3 Å². The van der Waals surface area contributed by atoms with Crippen molar-refractivity contribution in [3.8, 4) is 11.5 Å². The lowest BCUT2D eigenvalue weighted by atomic mass is 9.83. The second-order valence-electron chi connectivity index (χ2n) is 12.3. The summed E-state index contributed by atoms with van der Waals surface area (Å²) >= 11 is 13.6. The molecule has 0 saturated heterocycles. The number of hydrogen-bond acceptors (Lipinski definition) is 4. The summed E-state index contributed by atoms with van der Waals surface area (Å²) in [5, 5.41) is 22.2. The molecule has 9 heteroatoms. The summed E-state index contributed by atoms with van der Waals surface area (Å²) in [5.74, 6) is -1.10. The number of benzene rings is 3. The molecule has 4 aliphatic rings. The molecule has 0 saturated carbocycles. The zero-order valence-electron chi connectivity index (χ0n) is 25.0. The van der Waals surface area contributed by atoms with E-state index >= 15 is 0 Å². The Morgan fingerprint density at radius 3 is 2.43 bits per heavy atom. The number of aryl methyl sites for hydroxylation is 2. The van der Waals surface area contributed by atoms with Gasteiger partial charge in [0.05, 0.1) is 26.7 Å². The summed E-state index contributed by atoms with van der Waals surface area (Å²) in [7, 11) is 2.12. The fourth-order valence-electron chi connectivity index (χ4n) is 7.85. The number of carboxylic acid groups (broad SMARTS) is 2. The molecule has 0 aromatic heterocycles. The van der Waals surface area contributed by atoms with Crippen molar-refractivity contribution in [1.82, 2.24) is 4.58 Å². The van der Waals surface area contributed by atoms with Gasteiger partial charge in [0.2, 0.25) is 5.36 Å². The lowest BCUT2D eigenvalue weighted by molar-refractivity contribution is 0.0681. The Kier molecular flexibility index (Phi) is 7.37. The molecule has 228 valence electrons. The number of carbonyl (C=O) groups is 2. The topological polar surface area (TPSA) is 90.1 Å². The fraction of sp³-hybridized carbons (Fsp3) is 0.400. The molecule has 3 aromatic carbocycles. The smallest absolute Gasteiger partial charge is 0.337 e. The van der Waals surface area contributed by atoms with Crippen molar-refractivity contribution in [3.63, 3.8) is 0 Å². The molecular formula is C35H35Cl2N2O5+. The second kappa shape index (κ2) is 11.1. The van der Waals surface area contributed by atoms with Crippen molar-refractivity contribution in [2.45, 2.75) is 64.7 Å². The van der Waals surface area contributed by atoms with Gasteiger partial charge >= 0.3 is 11.9 Å². The molecule has 4 aliphatic heterocycles. The first-order valence-corrected chi connectivity index (χ1v) is 16.3. The maximum atomic E-state index is 12.9. The zero-order chi connectivity index (χ0) is 30.9. The van der Waals surface area contributed by atoms with Crippen LogP contribution in [0.5, 0.6) is 11.5 Å². The van der Waals surface area contributed by atoms with Crippen LogP contribution in [0.4, 0.5) is 5.69 Å². The van der Waals surface area contributed by atoms with E-state index in [1.165, 1.54) is 16.6 Å². The minimum atomic E-state index is -1.27. The van der Waals surface area contributed by atoms with Crippen LogP contribution in [0.3, 0.4) is 0 Å². The molecule has 0 atom stereocenters. The summed E-state index contributed by atoms with van der Waals surface area (Å²) in [5.41, 5.74) is 6.85. The number of aromatic carboxylic acids is 2. The van der Waals surface area contributed by atoms with Crippen LogP contribution < -0.4 is 24.8 Å². The van der Waals surface area contributed by atoms with Gasteiger partial charge in [0.1, 0.15) is 25.1 Å². The number of hydrogen-bond donors (Lipinski definition) is 2. The van der Waals surface area contributed by atoms with E-state index in [1.807, 2.05) is 0 Å². The van der Waals surface area contributed by atoms with Crippen molar-refractivity contribution >= 4 is 46.4 Å². The number of carboxylic acids is 2. The highest BCUT2D eigenvalue weighted by molar-refractivity contribution is 6.39. The Morgan fingerprint density at radius 1 is 0.932 bits per heavy atom. The highest BCUT2D eigenvalue weighted by Crippen LogP contribution is 2.50. The molecule has 3 aromatic rings. The van der Waals surface area contributed by atoms with Crippen molar-refractivity contribution in [2.75, 3.05) is 31.6 Å². The van der Waals surface area contributed by atoms with Crippen molar-refractivity contribution in [3.05, 3.63) is 83.3 Å². The molecule has 4 heterocycles. The van der Waals surface area contributed by atoms with Crippen LogP contribution in [0.2, 0.25) is 10.0 Å². The first-order chi connectivity index (χ1) is 21.2. The molecule has 2 N–H and O–H groups in total. The Bertz CT molecular complexity index is 1920. The molecule has 0 bridgehead atoms. The van der Waals surface area contributed by atoms with E-state index in [-0.39, 0.29) is 26.7 Å². The first kappa shape index (κ1) is 29.2. The predicted octanol–water partition coefficient (Wildman–Crippen LogP) is 5.85. The minimum absolute atomic E-state index is 0.132. The van der Waals surface area contributed by atoms with Crippen LogP contribution in [-0.2, 0) is 25.7 Å². The molecule has 7 rings (SSSR count). The number of halogens is 2. The fourth-order valence-corrected chi connectivity index (χ4v) is 8.46. The highest BCUT2D eigenvalue weighted by atomic mass is 35.5. The van der Waals surface area contributed by atoms with E-state index in [9.17, 15) is 19.8 Å². The van der Waals surface area contributed by atoms with Crippen LogP contribution in [0, 0.1) is 0 Å². The van der Waals surface area contributed by atoms with Crippen LogP contribution in [0.1, 0.15) is 93.1 Å². The average molecular weight is 635 g/mol. The van der Waals surface area contributed by atoms with Gasteiger partial charge < -0.3 is 19.8 Å². The molecule has 0 spiro atoms. The monoisotopic (exact) mass is 633 g/mol. The summed E-state index contributed by atoms with van der Waals surface area (Å²) in [6, 6.07) is 5.38. The quantitative estimate of drug-likeness (QED) is 0.274. The van der Waals surface area contributed by atoms with Gasteiger partial charge in [0, 0.05) is 58.2 Å². The van der Waals surface area contributed by atoms with Crippen LogP contribution >= 0.6 is 23.2 Å². The van der Waals surface area contributed by atoms with Gasteiger partial charge in [-0.2, -0.15) is 0 Å². The summed E-state index contributed by atoms with van der Waals surface area (Å²) in [6.45, 7) is 5.05. The highest BCUT2D eigenvalue weighted by Gasteiger charge is 2.37. The second-order valence-corrected chi connectivity index (χ2v) is 13.1. The van der Waals surface area contributed by atoms with E-state index in [4.69, 9.17) is 27.9 Å². The number of anilines is 1. The maximum absolute atomic E-state index is 12.9. The van der Waals surface area contributed by atoms with Gasteiger partial charge in [-0.1, -0.05) is 30.1 Å². The van der Waals surface area contributed by atoms with E-state index in [1.54, 1.807) is 0 Å². The van der Waals surface area contributed by atoms with Crippen molar-refractivity contribution < 1.29 is 24.5 Å². The number of nitrogens with zero attached hydrogens (tertiary/aromatic N) is 2. The molecule has 0 fully saturated rings. The average Bonchev–Trinajstić information content (AvgIpc) is 3.34. The largest absolute Gasteiger partial charge is 0.478 e. The maximum Gasteiger partial charge on any atom is 0.337 e. The summed E-state index contributed by atoms with van der Waals surface area (Å²) in [6.07, 6.45) is 8.50. The molecule has 0 radical (unpaired) electrons. The minimum Gasteiger partial charge on any atom is -0.478 e. The van der Waals surface area contributed by atoms with Crippen molar-refractivity contribution in [2.24, 2.45) is 0 Å². The number of fused-ring (bicyclic) bond motifs is 5. The predicted molar refractivity (Wildman–Crippen MR) is 172 cm³/mol. The third-order valence-electron chi connectivity index (χ3n) is 9.74. The van der Waals surface area contributed by atoms with E-state index in [0.717, 1.165) is 117 Å².